The SMILES string of the molecule is CCN(CC)C(=O)COc1cc2c3cc(OCC(=O)N(CC)CC)c(OCC(=O)N(CC)CC)cc3c3cc(OCC(=O)N(CC)CC)c(OCC(=O)N(CC)CC)cc3c2cc1OCC(=O)N(CC)CC. The molecule has 0 saturated carbocycles. The summed E-state index contributed by atoms with van der Waals surface area (Å²) in [5.41, 5.74) is 0. The first-order chi connectivity index (χ1) is 34.6. The van der Waals surface area contributed by atoms with E-state index in [4.69, 9.17) is 28.4 Å². The Morgan fingerprint density at radius 1 is 0.250 bits per heavy atom. The largest absolute Gasteiger partial charge is 0.480 e. The van der Waals surface area contributed by atoms with Crippen LogP contribution in [0.3, 0.4) is 0 Å². The molecule has 0 aromatic heterocycles. The number of likely N-dealkylation sites (N-methyl/N-ethyl adjacent to an activating group) is 6. The minimum Gasteiger partial charge on any atom is -0.480 e. The van der Waals surface area contributed by atoms with Crippen LogP contribution in [0.25, 0.3) is 32.3 Å². The van der Waals surface area contributed by atoms with Gasteiger partial charge in [-0.25, -0.2) is 0 Å². The predicted molar refractivity (Wildman–Crippen MR) is 279 cm³/mol. The van der Waals surface area contributed by atoms with Crippen LogP contribution in [0, 0.1) is 0 Å². The standard InChI is InChI=1S/C54H78N6O12/c1-13-55(14-2)49(61)31-67-43-25-37-38(26-44(43)68-32-50(62)56(15-3)16-4)40-28-46(70-34-52(64)58(19-7)20-8)48(72-36-54(66)60(23-11)24-12)30-42(40)41-29-47(71-35-53(65)59(21-9)22-10)45(27-39(37)41)69-33-51(63)57(17-5)18-6/h25-30H,13-24,31-36H2,1-12H3. The summed E-state index contributed by atoms with van der Waals surface area (Å²) in [7, 11) is 0. The zero-order valence-electron chi connectivity index (χ0n) is 44.8. The quantitative estimate of drug-likeness (QED) is 0.0511. The van der Waals surface area contributed by atoms with Gasteiger partial charge in [0.05, 0.1) is 0 Å². The van der Waals surface area contributed by atoms with Gasteiger partial charge < -0.3 is 57.8 Å². The third kappa shape index (κ3) is 14.2. The molecule has 4 aromatic carbocycles. The molecule has 0 aliphatic rings. The Kier molecular flexibility index (Phi) is 22.8. The molecule has 0 aliphatic heterocycles. The first kappa shape index (κ1) is 57.9. The van der Waals surface area contributed by atoms with Crippen molar-refractivity contribution in [2.45, 2.75) is 83.1 Å². The number of hydrogen-bond donors (Lipinski definition) is 0. The Balaban J connectivity index is 2.18. The van der Waals surface area contributed by atoms with Crippen LogP contribution in [0.1, 0.15) is 83.1 Å². The van der Waals surface area contributed by atoms with Crippen LogP contribution in [0.4, 0.5) is 0 Å². The normalized spacial score (nSPS) is 11.0. The van der Waals surface area contributed by atoms with Crippen LogP contribution in [-0.2, 0) is 28.8 Å². The lowest BCUT2D eigenvalue weighted by Crippen LogP contribution is -2.35. The number of carbonyl (C=O) groups excluding carboxylic acids is 6. The first-order valence-corrected chi connectivity index (χ1v) is 25.6. The predicted octanol–water partition coefficient (Wildman–Crippen LogP) is 6.63. The van der Waals surface area contributed by atoms with Gasteiger partial charge >= 0.3 is 0 Å². The summed E-state index contributed by atoms with van der Waals surface area (Å²) >= 11 is 0. The van der Waals surface area contributed by atoms with Crippen molar-refractivity contribution in [3.8, 4) is 34.5 Å². The number of benzene rings is 4. The van der Waals surface area contributed by atoms with Crippen molar-refractivity contribution in [2.24, 2.45) is 0 Å². The molecule has 0 radical (unpaired) electrons. The summed E-state index contributed by atoms with van der Waals surface area (Å²) in [5.74, 6) is -0.457. The molecule has 396 valence electrons. The number of nitrogens with zero attached hydrogens (tertiary/aromatic N) is 6. The maximum atomic E-state index is 13.4. The number of hydrogen-bond acceptors (Lipinski definition) is 12. The zero-order chi connectivity index (χ0) is 53.1. The topological polar surface area (TPSA) is 177 Å². The summed E-state index contributed by atoms with van der Waals surface area (Å²) in [6.45, 7) is 26.3. The number of fused-ring (bicyclic) bond motifs is 6. The number of amides is 6. The summed E-state index contributed by atoms with van der Waals surface area (Å²) in [6.07, 6.45) is 0. The van der Waals surface area contributed by atoms with Gasteiger partial charge in [0.25, 0.3) is 35.4 Å². The summed E-state index contributed by atoms with van der Waals surface area (Å²) in [5, 5.41) is 3.45. The molecule has 0 spiro atoms. The number of rotatable bonds is 30. The lowest BCUT2D eigenvalue weighted by atomic mass is 9.93. The van der Waals surface area contributed by atoms with Gasteiger partial charge in [-0.15, -0.1) is 0 Å². The Labute approximate surface area is 425 Å². The van der Waals surface area contributed by atoms with Crippen molar-refractivity contribution in [1.29, 1.82) is 0 Å². The van der Waals surface area contributed by atoms with Crippen LogP contribution in [0.15, 0.2) is 36.4 Å². The molecule has 4 rings (SSSR count). The average molecular weight is 1000 g/mol. The van der Waals surface area contributed by atoms with Crippen LogP contribution in [-0.4, -0.2) is 183 Å². The van der Waals surface area contributed by atoms with Crippen LogP contribution >= 0.6 is 0 Å². The third-order valence-electron chi connectivity index (χ3n) is 12.9. The second-order valence-electron chi connectivity index (χ2n) is 16.7. The van der Waals surface area contributed by atoms with E-state index in [1.54, 1.807) is 65.8 Å². The fourth-order valence-electron chi connectivity index (χ4n) is 8.54. The molecule has 72 heavy (non-hydrogen) atoms. The molecule has 0 unspecified atom stereocenters. The van der Waals surface area contributed by atoms with E-state index in [1.165, 1.54) is 0 Å². The van der Waals surface area contributed by atoms with E-state index >= 15 is 0 Å². The first-order valence-electron chi connectivity index (χ1n) is 25.6. The van der Waals surface area contributed by atoms with Gasteiger partial charge in [0.15, 0.2) is 74.1 Å². The second-order valence-corrected chi connectivity index (χ2v) is 16.7. The highest BCUT2D eigenvalue weighted by molar-refractivity contribution is 6.27. The molecule has 0 bridgehead atoms. The van der Waals surface area contributed by atoms with Gasteiger partial charge in [0.2, 0.25) is 0 Å². The highest BCUT2D eigenvalue weighted by atomic mass is 16.5. The lowest BCUT2D eigenvalue weighted by Gasteiger charge is -2.23. The fraction of sp³-hybridized carbons (Fsp3) is 0.556. The van der Waals surface area contributed by atoms with Crippen LogP contribution < -0.4 is 28.4 Å². The maximum Gasteiger partial charge on any atom is 0.260 e. The molecule has 6 amide bonds. The maximum absolute atomic E-state index is 13.4. The Bertz CT molecular complexity index is 2020. The molecular weight excluding hydrogens is 925 g/mol. The highest BCUT2D eigenvalue weighted by Gasteiger charge is 2.25. The molecule has 0 N–H and O–H groups in total. The smallest absolute Gasteiger partial charge is 0.260 e. The van der Waals surface area contributed by atoms with E-state index < -0.39 is 0 Å². The van der Waals surface area contributed by atoms with E-state index in [9.17, 15) is 28.8 Å². The van der Waals surface area contributed by atoms with Gasteiger partial charge in [-0.3, -0.25) is 28.8 Å². The molecule has 0 aliphatic carbocycles. The molecule has 0 heterocycles. The van der Waals surface area contributed by atoms with Crippen molar-refractivity contribution < 1.29 is 57.2 Å². The number of ether oxygens (including phenoxy) is 6. The van der Waals surface area contributed by atoms with Gasteiger partial charge in [-0.05, 0) is 152 Å². The highest BCUT2D eigenvalue weighted by Crippen LogP contribution is 2.47. The Morgan fingerprint density at radius 2 is 0.361 bits per heavy atom. The van der Waals surface area contributed by atoms with Crippen molar-refractivity contribution in [1.82, 2.24) is 29.4 Å². The van der Waals surface area contributed by atoms with Crippen molar-refractivity contribution in [3.63, 3.8) is 0 Å². The molecule has 4 aromatic rings. The minimum absolute atomic E-state index is 0.177. The average Bonchev–Trinajstić information content (AvgIpc) is 3.39. The van der Waals surface area contributed by atoms with Crippen molar-refractivity contribution in [3.05, 3.63) is 36.4 Å². The fourth-order valence-corrected chi connectivity index (χ4v) is 8.54. The molecule has 0 atom stereocenters. The molecule has 18 heteroatoms. The van der Waals surface area contributed by atoms with E-state index in [-0.39, 0.29) is 110 Å². The lowest BCUT2D eigenvalue weighted by molar-refractivity contribution is -0.134. The summed E-state index contributed by atoms with van der Waals surface area (Å²) in [4.78, 5) is 90.4. The monoisotopic (exact) mass is 1000 g/mol. The molecule has 0 fully saturated rings. The van der Waals surface area contributed by atoms with Gasteiger partial charge in [-0.2, -0.15) is 0 Å². The van der Waals surface area contributed by atoms with Gasteiger partial charge in [-0.1, -0.05) is 0 Å². The minimum atomic E-state index is -0.328. The summed E-state index contributed by atoms with van der Waals surface area (Å²) < 4.78 is 37.9. The molecule has 18 nitrogen and oxygen atoms in total. The number of carbonyl (C=O) groups is 6. The third-order valence-corrected chi connectivity index (χ3v) is 12.9. The second kappa shape index (κ2) is 28.4. The summed E-state index contributed by atoms with van der Waals surface area (Å²) in [6, 6.07) is 10.4. The zero-order valence-corrected chi connectivity index (χ0v) is 44.8. The van der Waals surface area contributed by atoms with E-state index in [2.05, 4.69) is 0 Å². The van der Waals surface area contributed by atoms with E-state index in [1.807, 2.05) is 83.1 Å². The van der Waals surface area contributed by atoms with E-state index in [0.717, 1.165) is 0 Å². The van der Waals surface area contributed by atoms with Crippen molar-refractivity contribution >= 4 is 67.8 Å². The molecular formula is C54H78N6O12. The van der Waals surface area contributed by atoms with Crippen LogP contribution in [0.2, 0.25) is 0 Å². The van der Waals surface area contributed by atoms with Gasteiger partial charge in [0.1, 0.15) is 0 Å². The Hall–Kier alpha value is -6.72. The van der Waals surface area contributed by atoms with Crippen molar-refractivity contribution in [2.75, 3.05) is 118 Å². The van der Waals surface area contributed by atoms with Crippen LogP contribution in [0.5, 0.6) is 34.5 Å². The van der Waals surface area contributed by atoms with E-state index in [0.29, 0.717) is 111 Å². The Morgan fingerprint density at radius 3 is 0.458 bits per heavy atom. The molecule has 0 saturated heterocycles. The van der Waals surface area contributed by atoms with Gasteiger partial charge in [0, 0.05) is 78.5 Å².